The van der Waals surface area contributed by atoms with Gasteiger partial charge >= 0.3 is 5.97 Å². The molecule has 0 bridgehead atoms. The maximum absolute atomic E-state index is 10.7. The number of carbonyl (C=O) groups is 1. The Morgan fingerprint density at radius 2 is 2.42 bits per heavy atom. The van der Waals surface area contributed by atoms with Crippen LogP contribution in [0.4, 0.5) is 0 Å². The van der Waals surface area contributed by atoms with Crippen LogP contribution in [0.2, 0.25) is 0 Å². The van der Waals surface area contributed by atoms with E-state index in [-0.39, 0.29) is 30.5 Å². The Bertz CT molecular complexity index is 154. The molecule has 72 valence electrons. The van der Waals surface area contributed by atoms with Gasteiger partial charge in [-0.3, -0.25) is 4.79 Å². The van der Waals surface area contributed by atoms with Crippen molar-refractivity contribution in [1.29, 1.82) is 0 Å². The molecule has 0 radical (unpaired) electrons. The highest BCUT2D eigenvalue weighted by molar-refractivity contribution is 5.85. The molecule has 1 aliphatic rings. The predicted molar refractivity (Wildman–Crippen MR) is 46.3 cm³/mol. The van der Waals surface area contributed by atoms with Crippen molar-refractivity contribution in [3.63, 3.8) is 0 Å². The Balaban J connectivity index is 0.00000121. The van der Waals surface area contributed by atoms with Gasteiger partial charge in [0, 0.05) is 12.6 Å². The first-order chi connectivity index (χ1) is 5.22. The fraction of sp³-hybridized carbons (Fsp3) is 0.857. The van der Waals surface area contributed by atoms with Crippen LogP contribution in [-0.2, 0) is 9.53 Å². The topological polar surface area (TPSA) is 58.6 Å². The second kappa shape index (κ2) is 5.35. The van der Waals surface area contributed by atoms with Crippen molar-refractivity contribution >= 4 is 18.4 Å². The van der Waals surface area contributed by atoms with E-state index in [0.717, 1.165) is 0 Å². The quantitative estimate of drug-likeness (QED) is 0.594. The molecule has 4 nitrogen and oxygen atoms in total. The number of hydrogen-bond acceptors (Lipinski definition) is 4. The highest BCUT2D eigenvalue weighted by Gasteiger charge is 2.24. The van der Waals surface area contributed by atoms with Gasteiger partial charge in [-0.25, -0.2) is 0 Å². The van der Waals surface area contributed by atoms with Crippen LogP contribution in [0.5, 0.6) is 0 Å². The molecule has 1 saturated heterocycles. The molecule has 1 rings (SSSR count). The summed E-state index contributed by atoms with van der Waals surface area (Å²) < 4.78 is 4.49. The zero-order valence-electron chi connectivity index (χ0n) is 6.95. The second-order valence-corrected chi connectivity index (χ2v) is 2.77. The van der Waals surface area contributed by atoms with Gasteiger partial charge in [-0.2, -0.15) is 0 Å². The van der Waals surface area contributed by atoms with Gasteiger partial charge in [-0.05, 0) is 6.42 Å². The Hall–Kier alpha value is -0.320. The molecular formula is C7H14ClNO3. The van der Waals surface area contributed by atoms with Crippen LogP contribution in [0.15, 0.2) is 0 Å². The fourth-order valence-electron chi connectivity index (χ4n) is 1.24. The third-order valence-electron chi connectivity index (χ3n) is 1.84. The van der Waals surface area contributed by atoms with Crippen LogP contribution in [0.3, 0.4) is 0 Å². The maximum atomic E-state index is 10.7. The number of carbonyl (C=O) groups excluding carboxylic acids is 1. The van der Waals surface area contributed by atoms with Crippen LogP contribution < -0.4 is 5.32 Å². The van der Waals surface area contributed by atoms with Gasteiger partial charge in [-0.15, -0.1) is 12.4 Å². The molecule has 2 atom stereocenters. The average molecular weight is 196 g/mol. The molecule has 0 spiro atoms. The SMILES string of the molecule is COC(=O)C[C@@H]1C[C@H](O)CN1.Cl. The molecular weight excluding hydrogens is 182 g/mol. The summed E-state index contributed by atoms with van der Waals surface area (Å²) in [4.78, 5) is 10.7. The van der Waals surface area contributed by atoms with Crippen LogP contribution in [0, 0.1) is 0 Å². The summed E-state index contributed by atoms with van der Waals surface area (Å²) in [6.45, 7) is 0.585. The molecule has 0 unspecified atom stereocenters. The van der Waals surface area contributed by atoms with Crippen molar-refractivity contribution in [1.82, 2.24) is 5.32 Å². The van der Waals surface area contributed by atoms with Crippen molar-refractivity contribution in [2.45, 2.75) is 25.0 Å². The fourth-order valence-corrected chi connectivity index (χ4v) is 1.24. The lowest BCUT2D eigenvalue weighted by Gasteiger charge is -2.06. The van der Waals surface area contributed by atoms with Gasteiger partial charge in [0.15, 0.2) is 0 Å². The minimum atomic E-state index is -0.301. The number of ether oxygens (including phenoxy) is 1. The molecule has 0 aromatic carbocycles. The lowest BCUT2D eigenvalue weighted by atomic mass is 10.1. The van der Waals surface area contributed by atoms with Crippen molar-refractivity contribution in [3.05, 3.63) is 0 Å². The molecule has 2 N–H and O–H groups in total. The lowest BCUT2D eigenvalue weighted by molar-refractivity contribution is -0.141. The number of halogens is 1. The summed E-state index contributed by atoms with van der Waals surface area (Å²) in [6.07, 6.45) is 0.701. The standard InChI is InChI=1S/C7H13NO3.ClH/c1-11-7(10)3-5-2-6(9)4-8-5;/h5-6,8-9H,2-4H2,1H3;1H/t5-,6-;/m0./s1. The number of rotatable bonds is 2. The maximum Gasteiger partial charge on any atom is 0.307 e. The molecule has 1 fully saturated rings. The van der Waals surface area contributed by atoms with Gasteiger partial charge in [0.25, 0.3) is 0 Å². The third-order valence-corrected chi connectivity index (χ3v) is 1.84. The summed E-state index contributed by atoms with van der Waals surface area (Å²) in [6, 6.07) is 0.0949. The lowest BCUT2D eigenvalue weighted by Crippen LogP contribution is -2.25. The van der Waals surface area contributed by atoms with E-state index in [9.17, 15) is 4.79 Å². The summed E-state index contributed by atoms with van der Waals surface area (Å²) in [5.41, 5.74) is 0. The van der Waals surface area contributed by atoms with Crippen LogP contribution in [-0.4, -0.2) is 36.9 Å². The molecule has 0 amide bonds. The van der Waals surface area contributed by atoms with Crippen LogP contribution in [0.1, 0.15) is 12.8 Å². The van der Waals surface area contributed by atoms with E-state index in [1.165, 1.54) is 7.11 Å². The summed E-state index contributed by atoms with van der Waals surface area (Å²) in [7, 11) is 1.37. The van der Waals surface area contributed by atoms with E-state index in [1.54, 1.807) is 0 Å². The monoisotopic (exact) mass is 195 g/mol. The number of aliphatic hydroxyl groups is 1. The molecule has 1 aliphatic heterocycles. The first kappa shape index (κ1) is 11.7. The molecule has 0 aromatic heterocycles. The smallest absolute Gasteiger partial charge is 0.307 e. The predicted octanol–water partition coefficient (Wildman–Crippen LogP) is -0.306. The first-order valence-electron chi connectivity index (χ1n) is 3.70. The highest BCUT2D eigenvalue weighted by Crippen LogP contribution is 2.09. The van der Waals surface area contributed by atoms with E-state index in [2.05, 4.69) is 10.1 Å². The van der Waals surface area contributed by atoms with E-state index < -0.39 is 0 Å². The minimum absolute atomic E-state index is 0. The minimum Gasteiger partial charge on any atom is -0.469 e. The average Bonchev–Trinajstić information content (AvgIpc) is 2.35. The Morgan fingerprint density at radius 1 is 1.75 bits per heavy atom. The second-order valence-electron chi connectivity index (χ2n) is 2.77. The zero-order valence-corrected chi connectivity index (χ0v) is 7.76. The van der Waals surface area contributed by atoms with E-state index in [4.69, 9.17) is 5.11 Å². The number of nitrogens with one attached hydrogen (secondary N) is 1. The Morgan fingerprint density at radius 3 is 2.83 bits per heavy atom. The number of esters is 1. The highest BCUT2D eigenvalue weighted by atomic mass is 35.5. The van der Waals surface area contributed by atoms with Gasteiger partial charge in [-0.1, -0.05) is 0 Å². The third kappa shape index (κ3) is 3.38. The largest absolute Gasteiger partial charge is 0.469 e. The molecule has 0 saturated carbocycles. The molecule has 0 aromatic rings. The number of aliphatic hydroxyl groups excluding tert-OH is 1. The molecule has 1 heterocycles. The number of hydrogen-bond donors (Lipinski definition) is 2. The van der Waals surface area contributed by atoms with E-state index in [1.807, 2.05) is 0 Å². The molecule has 0 aliphatic carbocycles. The Kier molecular flexibility index (Phi) is 5.20. The molecule has 12 heavy (non-hydrogen) atoms. The van der Waals surface area contributed by atoms with Crippen molar-refractivity contribution < 1.29 is 14.6 Å². The van der Waals surface area contributed by atoms with Gasteiger partial charge in [0.1, 0.15) is 0 Å². The Labute approximate surface area is 77.7 Å². The van der Waals surface area contributed by atoms with Crippen molar-refractivity contribution in [2.75, 3.05) is 13.7 Å². The summed E-state index contributed by atoms with van der Waals surface area (Å²) >= 11 is 0. The van der Waals surface area contributed by atoms with E-state index >= 15 is 0 Å². The van der Waals surface area contributed by atoms with Crippen molar-refractivity contribution in [2.24, 2.45) is 0 Å². The zero-order chi connectivity index (χ0) is 8.27. The van der Waals surface area contributed by atoms with Gasteiger partial charge in [0.05, 0.1) is 19.6 Å². The van der Waals surface area contributed by atoms with Crippen LogP contribution in [0.25, 0.3) is 0 Å². The summed E-state index contributed by atoms with van der Waals surface area (Å²) in [5.74, 6) is -0.225. The normalized spacial score (nSPS) is 27.8. The van der Waals surface area contributed by atoms with Gasteiger partial charge < -0.3 is 15.2 Å². The van der Waals surface area contributed by atoms with Crippen LogP contribution >= 0.6 is 12.4 Å². The van der Waals surface area contributed by atoms with Crippen molar-refractivity contribution in [3.8, 4) is 0 Å². The van der Waals surface area contributed by atoms with Gasteiger partial charge in [0.2, 0.25) is 0 Å². The number of methoxy groups -OCH3 is 1. The van der Waals surface area contributed by atoms with E-state index in [0.29, 0.717) is 19.4 Å². The molecule has 5 heteroatoms. The first-order valence-corrected chi connectivity index (χ1v) is 3.70. The summed E-state index contributed by atoms with van der Waals surface area (Å²) in [5, 5.41) is 12.1. The number of β-amino-alcohol motifs (C(OH)–C–C–N with tert-alkyl or cyclic N) is 1.